The van der Waals surface area contributed by atoms with E-state index in [4.69, 9.17) is 4.98 Å². The Hall–Kier alpha value is -3.07. The van der Waals surface area contributed by atoms with Gasteiger partial charge in [-0.1, -0.05) is 39.0 Å². The maximum Gasteiger partial charge on any atom is 0.330 e. The van der Waals surface area contributed by atoms with Gasteiger partial charge in [-0.05, 0) is 29.2 Å². The number of alkyl halides is 2. The van der Waals surface area contributed by atoms with Gasteiger partial charge in [0.2, 0.25) is 0 Å². The van der Waals surface area contributed by atoms with Gasteiger partial charge in [-0.3, -0.25) is 18.8 Å². The number of carbonyl (C=O) groups is 1. The molecule has 0 spiro atoms. The fourth-order valence-electron chi connectivity index (χ4n) is 4.54. The van der Waals surface area contributed by atoms with E-state index in [1.807, 2.05) is 30.3 Å². The molecular weight excluding hydrogens is 452 g/mol. The van der Waals surface area contributed by atoms with E-state index in [1.54, 1.807) is 16.2 Å². The summed E-state index contributed by atoms with van der Waals surface area (Å²) in [6.07, 6.45) is 0. The van der Waals surface area contributed by atoms with Crippen LogP contribution in [0.25, 0.3) is 22.4 Å². The largest absolute Gasteiger partial charge is 0.335 e. The topological polar surface area (TPSA) is 63.4 Å². The van der Waals surface area contributed by atoms with E-state index in [2.05, 4.69) is 31.7 Å². The molecule has 7 nitrogen and oxygen atoms in total. The second kappa shape index (κ2) is 9.18. The number of amides is 1. The number of halogens is 2. The van der Waals surface area contributed by atoms with Crippen LogP contribution in [0.3, 0.4) is 0 Å². The minimum atomic E-state index is -3.33. The SMILES string of the molecule is Cn1c(=O)n(CC(C)(C)C)c2ccc(-c3cccc(CN4CCN(C(=O)C(C)(F)F)CC4)c3)nc21. The molecule has 0 aliphatic carbocycles. The first-order valence-corrected chi connectivity index (χ1v) is 11.9. The Balaban J connectivity index is 1.51. The first kappa shape index (κ1) is 25.0. The first-order chi connectivity index (χ1) is 16.3. The van der Waals surface area contributed by atoms with Crippen LogP contribution < -0.4 is 5.69 Å². The van der Waals surface area contributed by atoms with E-state index in [0.29, 0.717) is 51.8 Å². The molecule has 1 fully saturated rings. The summed E-state index contributed by atoms with van der Waals surface area (Å²) in [4.78, 5) is 32.8. The maximum absolute atomic E-state index is 13.3. The average Bonchev–Trinajstić information content (AvgIpc) is 3.02. The van der Waals surface area contributed by atoms with Crippen LogP contribution in [-0.2, 0) is 24.9 Å². The zero-order chi connectivity index (χ0) is 25.5. The number of carbonyl (C=O) groups excluding carboxylic acids is 1. The highest BCUT2D eigenvalue weighted by Crippen LogP contribution is 2.25. The summed E-state index contributed by atoms with van der Waals surface area (Å²) >= 11 is 0. The lowest BCUT2D eigenvalue weighted by Gasteiger charge is -2.35. The normalized spacial score (nSPS) is 15.7. The summed E-state index contributed by atoms with van der Waals surface area (Å²) in [5, 5.41) is 0. The molecule has 3 aromatic rings. The molecule has 1 aliphatic rings. The quantitative estimate of drug-likeness (QED) is 0.552. The van der Waals surface area contributed by atoms with Crippen LogP contribution in [0.5, 0.6) is 0 Å². The van der Waals surface area contributed by atoms with Crippen LogP contribution in [0.15, 0.2) is 41.2 Å². The third kappa shape index (κ3) is 5.45. The zero-order valence-corrected chi connectivity index (χ0v) is 21.0. The molecule has 0 N–H and O–H groups in total. The van der Waals surface area contributed by atoms with Crippen LogP contribution in [0.2, 0.25) is 0 Å². The maximum atomic E-state index is 13.3. The minimum Gasteiger partial charge on any atom is -0.335 e. The number of aromatic nitrogens is 3. The van der Waals surface area contributed by atoms with Gasteiger partial charge in [0.1, 0.15) is 0 Å². The second-order valence-electron chi connectivity index (χ2n) is 10.7. The van der Waals surface area contributed by atoms with Crippen molar-refractivity contribution in [3.05, 3.63) is 52.4 Å². The number of aryl methyl sites for hydroxylation is 1. The minimum absolute atomic E-state index is 0.0404. The molecule has 0 radical (unpaired) electrons. The van der Waals surface area contributed by atoms with E-state index >= 15 is 0 Å². The molecule has 3 heterocycles. The van der Waals surface area contributed by atoms with Crippen molar-refractivity contribution in [3.63, 3.8) is 0 Å². The molecule has 0 saturated carbocycles. The Kier molecular flexibility index (Phi) is 6.57. The highest BCUT2D eigenvalue weighted by Gasteiger charge is 2.37. The van der Waals surface area contributed by atoms with Gasteiger partial charge >= 0.3 is 11.6 Å². The van der Waals surface area contributed by atoms with Gasteiger partial charge < -0.3 is 4.90 Å². The molecule has 188 valence electrons. The number of fused-ring (bicyclic) bond motifs is 1. The van der Waals surface area contributed by atoms with Gasteiger partial charge in [0.15, 0.2) is 5.65 Å². The number of imidazole rings is 1. The highest BCUT2D eigenvalue weighted by atomic mass is 19.3. The molecular formula is C26H33F2N5O2. The molecule has 35 heavy (non-hydrogen) atoms. The van der Waals surface area contributed by atoms with Gasteiger partial charge in [0, 0.05) is 58.8 Å². The molecule has 9 heteroatoms. The Labute approximate surface area is 204 Å². The van der Waals surface area contributed by atoms with Crippen molar-refractivity contribution in [2.45, 2.75) is 46.7 Å². The van der Waals surface area contributed by atoms with Gasteiger partial charge in [-0.2, -0.15) is 8.78 Å². The monoisotopic (exact) mass is 485 g/mol. The number of rotatable bonds is 5. The lowest BCUT2D eigenvalue weighted by molar-refractivity contribution is -0.156. The lowest BCUT2D eigenvalue weighted by Crippen LogP contribution is -2.52. The predicted octanol–water partition coefficient (Wildman–Crippen LogP) is 3.75. The second-order valence-corrected chi connectivity index (χ2v) is 10.7. The Morgan fingerprint density at radius 1 is 1.03 bits per heavy atom. The van der Waals surface area contributed by atoms with Crippen LogP contribution in [0.1, 0.15) is 33.3 Å². The van der Waals surface area contributed by atoms with E-state index in [-0.39, 0.29) is 11.1 Å². The van der Waals surface area contributed by atoms with Crippen molar-refractivity contribution < 1.29 is 13.6 Å². The summed E-state index contributed by atoms with van der Waals surface area (Å²) in [6.45, 7) is 9.87. The summed E-state index contributed by atoms with van der Waals surface area (Å²) in [5.74, 6) is -4.44. The number of nitrogens with zero attached hydrogens (tertiary/aromatic N) is 5. The van der Waals surface area contributed by atoms with Crippen molar-refractivity contribution in [3.8, 4) is 11.3 Å². The van der Waals surface area contributed by atoms with E-state index in [9.17, 15) is 18.4 Å². The average molecular weight is 486 g/mol. The van der Waals surface area contributed by atoms with Crippen LogP contribution >= 0.6 is 0 Å². The standard InChI is InChI=1S/C26H33F2N5O2/c1-25(2,3)17-33-21-10-9-20(29-22(21)30(5)24(33)35)19-8-6-7-18(15-19)16-31-11-13-32(14-12-31)23(34)26(4,27)28/h6-10,15H,11-14,16-17H2,1-5H3. The van der Waals surface area contributed by atoms with Crippen molar-refractivity contribution >= 4 is 17.1 Å². The van der Waals surface area contributed by atoms with Gasteiger partial charge in [0.25, 0.3) is 5.91 Å². The summed E-state index contributed by atoms with van der Waals surface area (Å²) < 4.78 is 30.0. The fraction of sp³-hybridized carbons (Fsp3) is 0.500. The van der Waals surface area contributed by atoms with E-state index in [0.717, 1.165) is 22.3 Å². The number of piperazine rings is 1. The molecule has 1 aromatic carbocycles. The molecule has 1 saturated heterocycles. The Morgan fingerprint density at radius 3 is 2.34 bits per heavy atom. The van der Waals surface area contributed by atoms with Gasteiger partial charge in [-0.15, -0.1) is 0 Å². The van der Waals surface area contributed by atoms with Gasteiger partial charge in [0.05, 0.1) is 11.2 Å². The van der Waals surface area contributed by atoms with Crippen LogP contribution in [-0.4, -0.2) is 61.9 Å². The van der Waals surface area contributed by atoms with Crippen molar-refractivity contribution in [1.82, 2.24) is 23.9 Å². The highest BCUT2D eigenvalue weighted by molar-refractivity contribution is 5.83. The summed E-state index contributed by atoms with van der Waals surface area (Å²) in [7, 11) is 1.75. The third-order valence-corrected chi connectivity index (χ3v) is 6.28. The lowest BCUT2D eigenvalue weighted by atomic mass is 9.97. The third-order valence-electron chi connectivity index (χ3n) is 6.28. The molecule has 2 aromatic heterocycles. The smallest absolute Gasteiger partial charge is 0.330 e. The van der Waals surface area contributed by atoms with E-state index in [1.165, 1.54) is 4.90 Å². The predicted molar refractivity (Wildman–Crippen MR) is 132 cm³/mol. The number of pyridine rings is 1. The molecule has 0 atom stereocenters. The van der Waals surface area contributed by atoms with E-state index < -0.39 is 11.8 Å². The van der Waals surface area contributed by atoms with Crippen molar-refractivity contribution in [1.29, 1.82) is 0 Å². The number of hydrogen-bond acceptors (Lipinski definition) is 4. The molecule has 0 unspecified atom stereocenters. The Bertz CT molecular complexity index is 1290. The van der Waals surface area contributed by atoms with Crippen LogP contribution in [0.4, 0.5) is 8.78 Å². The molecule has 1 aliphatic heterocycles. The van der Waals surface area contributed by atoms with Gasteiger partial charge in [-0.25, -0.2) is 9.78 Å². The first-order valence-electron chi connectivity index (χ1n) is 11.9. The molecule has 0 bridgehead atoms. The zero-order valence-electron chi connectivity index (χ0n) is 21.0. The Morgan fingerprint density at radius 2 is 1.71 bits per heavy atom. The fourth-order valence-corrected chi connectivity index (χ4v) is 4.54. The number of benzene rings is 1. The summed E-state index contributed by atoms with van der Waals surface area (Å²) in [6, 6.07) is 11.9. The molecule has 1 amide bonds. The van der Waals surface area contributed by atoms with Crippen molar-refractivity contribution in [2.24, 2.45) is 12.5 Å². The summed E-state index contributed by atoms with van der Waals surface area (Å²) in [5.41, 5.74) is 4.15. The molecule has 4 rings (SSSR count). The van der Waals surface area contributed by atoms with Crippen molar-refractivity contribution in [2.75, 3.05) is 26.2 Å². The number of hydrogen-bond donors (Lipinski definition) is 0. The van der Waals surface area contributed by atoms with Crippen LogP contribution in [0, 0.1) is 5.41 Å².